The molecule has 2 unspecified atom stereocenters. The number of nitrogens with one attached hydrogen (secondary N) is 1. The van der Waals surface area contributed by atoms with E-state index in [-0.39, 0.29) is 18.8 Å². The summed E-state index contributed by atoms with van der Waals surface area (Å²) in [6.07, 6.45) is -14.0. The van der Waals surface area contributed by atoms with Crippen LogP contribution in [0, 0.1) is 11.3 Å². The maximum Gasteiger partial charge on any atom is 0.433 e. The Kier molecular flexibility index (Phi) is 8.36. The number of alkyl carbamates (subject to hydrolysis) is 1. The normalized spacial score (nSPS) is 18.2. The lowest BCUT2D eigenvalue weighted by molar-refractivity contribution is -0.215. The Bertz CT molecular complexity index is 1170. The average molecular weight is 545 g/mol. The Balaban J connectivity index is 1.65. The van der Waals surface area contributed by atoms with E-state index in [1.165, 1.54) is 6.07 Å². The van der Waals surface area contributed by atoms with Gasteiger partial charge in [0.2, 0.25) is 6.23 Å². The van der Waals surface area contributed by atoms with Crippen LogP contribution in [0.3, 0.4) is 0 Å². The molecule has 0 aromatic heterocycles. The number of anilines is 1. The number of benzene rings is 2. The van der Waals surface area contributed by atoms with Crippen molar-refractivity contribution in [3.05, 3.63) is 59.2 Å². The number of carbonyl (C=O) groups excluding carboxylic acids is 1. The van der Waals surface area contributed by atoms with Gasteiger partial charge in [0.25, 0.3) is 0 Å². The summed E-state index contributed by atoms with van der Waals surface area (Å²) in [5.74, 6) is 0.314. The van der Waals surface area contributed by atoms with Crippen molar-refractivity contribution in [2.75, 3.05) is 18.1 Å². The van der Waals surface area contributed by atoms with E-state index in [4.69, 9.17) is 19.5 Å². The van der Waals surface area contributed by atoms with Gasteiger partial charge >= 0.3 is 18.4 Å². The van der Waals surface area contributed by atoms with E-state index in [1.807, 2.05) is 0 Å². The van der Waals surface area contributed by atoms with E-state index in [0.717, 1.165) is 12.1 Å². The number of carbonyl (C=O) groups is 1. The molecule has 1 heterocycles. The van der Waals surface area contributed by atoms with E-state index in [9.17, 15) is 31.1 Å². The zero-order chi connectivity index (χ0) is 28.3. The fourth-order valence-electron chi connectivity index (χ4n) is 3.62. The molecule has 0 aliphatic carbocycles. The molecule has 2 aromatic carbocycles. The van der Waals surface area contributed by atoms with Crippen molar-refractivity contribution in [2.24, 2.45) is 0 Å². The zero-order valence-corrected chi connectivity index (χ0v) is 20.6. The van der Waals surface area contributed by atoms with Crippen LogP contribution in [0.5, 0.6) is 5.75 Å². The number of rotatable bonds is 6. The van der Waals surface area contributed by atoms with E-state index in [2.05, 4.69) is 5.32 Å². The van der Waals surface area contributed by atoms with Crippen LogP contribution in [0.4, 0.5) is 36.8 Å². The topological polar surface area (TPSA) is 83.8 Å². The van der Waals surface area contributed by atoms with Crippen molar-refractivity contribution in [3.8, 4) is 11.8 Å². The fourth-order valence-corrected chi connectivity index (χ4v) is 3.62. The van der Waals surface area contributed by atoms with Crippen molar-refractivity contribution in [1.82, 2.24) is 5.32 Å². The molecule has 0 saturated carbocycles. The number of amides is 1. The van der Waals surface area contributed by atoms with Gasteiger partial charge < -0.3 is 24.4 Å². The van der Waals surface area contributed by atoms with Crippen LogP contribution in [-0.2, 0) is 22.2 Å². The first kappa shape index (κ1) is 28.9. The van der Waals surface area contributed by atoms with Gasteiger partial charge in [-0.15, -0.1) is 0 Å². The van der Waals surface area contributed by atoms with Crippen LogP contribution < -0.4 is 15.0 Å². The third kappa shape index (κ3) is 7.67. The molecule has 0 spiro atoms. The molecule has 1 amide bonds. The van der Waals surface area contributed by atoms with E-state index in [0.29, 0.717) is 22.3 Å². The van der Waals surface area contributed by atoms with E-state index >= 15 is 0 Å². The minimum Gasteiger partial charge on any atom is -0.491 e. The van der Waals surface area contributed by atoms with E-state index < -0.39 is 54.1 Å². The molecule has 0 bridgehead atoms. The van der Waals surface area contributed by atoms with Gasteiger partial charge in [0, 0.05) is 12.2 Å². The number of alkyl halides is 6. The first-order valence-electron chi connectivity index (χ1n) is 11.4. The third-order valence-electron chi connectivity index (χ3n) is 5.24. The van der Waals surface area contributed by atoms with Crippen LogP contribution in [-0.4, -0.2) is 43.4 Å². The molecule has 1 aliphatic heterocycles. The Morgan fingerprint density at radius 2 is 1.76 bits per heavy atom. The maximum absolute atomic E-state index is 13.7. The second-order valence-corrected chi connectivity index (χ2v) is 9.45. The molecule has 206 valence electrons. The molecular formula is C25H25F6N3O4. The summed E-state index contributed by atoms with van der Waals surface area (Å²) in [5.41, 5.74) is -2.35. The summed E-state index contributed by atoms with van der Waals surface area (Å²) in [5, 5.41) is 11.5. The molecule has 1 fully saturated rings. The molecule has 7 nitrogen and oxygen atoms in total. The van der Waals surface area contributed by atoms with Gasteiger partial charge in [-0.3, -0.25) is 0 Å². The quantitative estimate of drug-likeness (QED) is 0.464. The van der Waals surface area contributed by atoms with Gasteiger partial charge in [0.05, 0.1) is 23.7 Å². The summed E-state index contributed by atoms with van der Waals surface area (Å²) in [6.45, 7) is 4.66. The standard InChI is InChI=1S/C25H25F6N3O4/c1-23(2,3)38-22(35)33-12-15-4-8-18(9-5-15)36-14-19-13-34(21(37-19)25(29,30)31)17-7-6-16(11-32)20(10-17)24(26,27)28/h4-10,19,21H,12-14H2,1-3H3,(H,33,35). The first-order chi connectivity index (χ1) is 17.6. The lowest BCUT2D eigenvalue weighted by atomic mass is 10.1. The van der Waals surface area contributed by atoms with Gasteiger partial charge in [0.15, 0.2) is 0 Å². The highest BCUT2D eigenvalue weighted by atomic mass is 19.4. The highest BCUT2D eigenvalue weighted by Crippen LogP contribution is 2.39. The minimum atomic E-state index is -4.92. The lowest BCUT2D eigenvalue weighted by Crippen LogP contribution is -2.42. The van der Waals surface area contributed by atoms with Crippen LogP contribution in [0.1, 0.15) is 37.5 Å². The molecule has 0 radical (unpaired) electrons. The van der Waals surface area contributed by atoms with Crippen LogP contribution in [0.2, 0.25) is 0 Å². The van der Waals surface area contributed by atoms with Gasteiger partial charge in [-0.2, -0.15) is 31.6 Å². The number of nitrogens with zero attached hydrogens (tertiary/aromatic N) is 2. The number of nitriles is 1. The summed E-state index contributed by atoms with van der Waals surface area (Å²) >= 11 is 0. The Morgan fingerprint density at radius 1 is 1.11 bits per heavy atom. The number of halogens is 6. The average Bonchev–Trinajstić information content (AvgIpc) is 3.25. The van der Waals surface area contributed by atoms with Crippen LogP contribution in [0.15, 0.2) is 42.5 Å². The predicted octanol–water partition coefficient (Wildman–Crippen LogP) is 5.77. The lowest BCUT2D eigenvalue weighted by Gasteiger charge is -2.27. The fraction of sp³-hybridized carbons (Fsp3) is 0.440. The SMILES string of the molecule is CC(C)(C)OC(=O)NCc1ccc(OCC2CN(c3ccc(C#N)c(C(F)(F)F)c3)C(C(F)(F)F)O2)cc1. The summed E-state index contributed by atoms with van der Waals surface area (Å²) < 4.78 is 96.7. The van der Waals surface area contributed by atoms with Gasteiger partial charge in [-0.25, -0.2) is 4.79 Å². The Labute approximate surface area is 214 Å². The monoisotopic (exact) mass is 545 g/mol. The predicted molar refractivity (Wildman–Crippen MR) is 123 cm³/mol. The summed E-state index contributed by atoms with van der Waals surface area (Å²) in [6, 6.07) is 10.1. The molecule has 1 aliphatic rings. The van der Waals surface area contributed by atoms with Gasteiger partial charge in [-0.1, -0.05) is 12.1 Å². The molecule has 3 rings (SSSR count). The number of ether oxygens (including phenoxy) is 3. The maximum atomic E-state index is 13.7. The Hall–Kier alpha value is -3.66. The van der Waals surface area contributed by atoms with Crippen molar-refractivity contribution < 1.29 is 45.3 Å². The molecule has 1 saturated heterocycles. The second kappa shape index (κ2) is 11.0. The first-order valence-corrected chi connectivity index (χ1v) is 11.4. The smallest absolute Gasteiger partial charge is 0.433 e. The number of hydrogen-bond acceptors (Lipinski definition) is 6. The van der Waals surface area contributed by atoms with Crippen LogP contribution >= 0.6 is 0 Å². The van der Waals surface area contributed by atoms with Crippen LogP contribution in [0.25, 0.3) is 0 Å². The minimum absolute atomic E-state index is 0.174. The molecular weight excluding hydrogens is 520 g/mol. The van der Waals surface area contributed by atoms with Crippen molar-refractivity contribution in [1.29, 1.82) is 5.26 Å². The van der Waals surface area contributed by atoms with Crippen molar-refractivity contribution in [3.63, 3.8) is 0 Å². The van der Waals surface area contributed by atoms with Gasteiger partial charge in [-0.05, 0) is 56.7 Å². The highest BCUT2D eigenvalue weighted by molar-refractivity contribution is 5.67. The third-order valence-corrected chi connectivity index (χ3v) is 5.24. The summed E-state index contributed by atoms with van der Waals surface area (Å²) in [7, 11) is 0. The van der Waals surface area contributed by atoms with Crippen molar-refractivity contribution in [2.45, 2.75) is 57.6 Å². The zero-order valence-electron chi connectivity index (χ0n) is 20.6. The van der Waals surface area contributed by atoms with Gasteiger partial charge in [0.1, 0.15) is 24.1 Å². The number of hydrogen-bond donors (Lipinski definition) is 1. The molecule has 1 N–H and O–H groups in total. The molecule has 13 heteroatoms. The molecule has 2 atom stereocenters. The Morgan fingerprint density at radius 3 is 2.32 bits per heavy atom. The molecule has 38 heavy (non-hydrogen) atoms. The largest absolute Gasteiger partial charge is 0.491 e. The highest BCUT2D eigenvalue weighted by Gasteiger charge is 2.51. The second-order valence-electron chi connectivity index (χ2n) is 9.45. The summed E-state index contributed by atoms with van der Waals surface area (Å²) in [4.78, 5) is 12.4. The van der Waals surface area contributed by atoms with E-state index in [1.54, 1.807) is 45.0 Å². The van der Waals surface area contributed by atoms with Crippen molar-refractivity contribution >= 4 is 11.8 Å². The molecule has 2 aromatic rings.